The van der Waals surface area contributed by atoms with E-state index in [4.69, 9.17) is 4.74 Å². The van der Waals surface area contributed by atoms with Gasteiger partial charge in [-0.25, -0.2) is 0 Å². The van der Waals surface area contributed by atoms with Gasteiger partial charge in [0, 0.05) is 12.8 Å². The van der Waals surface area contributed by atoms with Gasteiger partial charge in [0.15, 0.2) is 0 Å². The van der Waals surface area contributed by atoms with Crippen LogP contribution in [-0.4, -0.2) is 11.6 Å². The highest BCUT2D eigenvalue weighted by atomic mass is 16.6. The summed E-state index contributed by atoms with van der Waals surface area (Å²) in [4.78, 5) is 11.6. The second-order valence-corrected chi connectivity index (χ2v) is 9.92. The number of hydrogen-bond donors (Lipinski definition) is 0. The molecule has 0 amide bonds. The van der Waals surface area contributed by atoms with E-state index in [9.17, 15) is 4.79 Å². The van der Waals surface area contributed by atoms with E-state index in [1.54, 1.807) is 26.2 Å². The van der Waals surface area contributed by atoms with Gasteiger partial charge in [-0.3, -0.25) is 4.79 Å². The quantitative estimate of drug-likeness (QED) is 0.542. The van der Waals surface area contributed by atoms with E-state index in [-0.39, 0.29) is 11.6 Å². The Bertz CT molecular complexity index is 556. The molecule has 6 bridgehead atoms. The van der Waals surface area contributed by atoms with E-state index in [2.05, 4.69) is 6.92 Å². The van der Waals surface area contributed by atoms with Crippen LogP contribution in [0.2, 0.25) is 0 Å². The molecule has 0 N–H and O–H groups in total. The molecule has 2 heteroatoms. The number of esters is 1. The zero-order chi connectivity index (χ0) is 14.8. The Hall–Kier alpha value is -0.530. The number of rotatable bonds is 1. The molecule has 11 atom stereocenters. The average Bonchev–Trinajstić information content (AvgIpc) is 3.23. The van der Waals surface area contributed by atoms with Crippen LogP contribution < -0.4 is 0 Å². The highest BCUT2D eigenvalue weighted by Gasteiger charge is 2.73. The first kappa shape index (κ1) is 12.8. The second-order valence-electron chi connectivity index (χ2n) is 9.92. The van der Waals surface area contributed by atoms with Gasteiger partial charge in [-0.1, -0.05) is 0 Å². The zero-order valence-corrected chi connectivity index (χ0v) is 13.8. The van der Waals surface area contributed by atoms with Gasteiger partial charge in [-0.05, 0) is 98.7 Å². The number of carbonyl (C=O) groups is 1. The second kappa shape index (κ2) is 3.75. The molecule has 6 saturated carbocycles. The topological polar surface area (TPSA) is 26.3 Å². The molecule has 6 rings (SSSR count). The van der Waals surface area contributed by atoms with Gasteiger partial charge in [0.1, 0.15) is 5.60 Å². The maximum atomic E-state index is 11.6. The third kappa shape index (κ3) is 1.26. The van der Waals surface area contributed by atoms with Crippen molar-refractivity contribution in [2.45, 2.75) is 58.0 Å². The first-order valence-corrected chi connectivity index (χ1v) is 9.76. The number of ether oxygens (including phenoxy) is 1. The van der Waals surface area contributed by atoms with E-state index >= 15 is 0 Å². The van der Waals surface area contributed by atoms with Crippen LogP contribution in [-0.2, 0) is 9.53 Å². The van der Waals surface area contributed by atoms with Gasteiger partial charge in [-0.2, -0.15) is 0 Å². The fourth-order valence-corrected chi connectivity index (χ4v) is 9.54. The van der Waals surface area contributed by atoms with E-state index in [1.807, 2.05) is 0 Å². The predicted octanol–water partition coefficient (Wildman–Crippen LogP) is 3.89. The summed E-state index contributed by atoms with van der Waals surface area (Å²) in [6.07, 6.45) is 8.71. The highest BCUT2D eigenvalue weighted by Crippen LogP contribution is 2.77. The molecule has 6 fully saturated rings. The predicted molar refractivity (Wildman–Crippen MR) is 82.8 cm³/mol. The van der Waals surface area contributed by atoms with Gasteiger partial charge in [-0.15, -0.1) is 0 Å². The van der Waals surface area contributed by atoms with E-state index < -0.39 is 0 Å². The third-order valence-electron chi connectivity index (χ3n) is 9.41. The van der Waals surface area contributed by atoms with Gasteiger partial charge in [0.05, 0.1) is 0 Å². The Labute approximate surface area is 133 Å². The van der Waals surface area contributed by atoms with E-state index in [1.165, 1.54) is 12.8 Å². The summed E-state index contributed by atoms with van der Waals surface area (Å²) in [6, 6.07) is 0. The lowest BCUT2D eigenvalue weighted by molar-refractivity contribution is -0.167. The van der Waals surface area contributed by atoms with Crippen LogP contribution in [0, 0.1) is 59.2 Å². The van der Waals surface area contributed by atoms with Crippen molar-refractivity contribution in [3.8, 4) is 0 Å². The summed E-state index contributed by atoms with van der Waals surface area (Å²) in [5.41, 5.74) is -0.130. The molecule has 0 aromatic heterocycles. The van der Waals surface area contributed by atoms with Crippen LogP contribution in [0.3, 0.4) is 0 Å². The summed E-state index contributed by atoms with van der Waals surface area (Å²) in [6.45, 7) is 3.85. The maximum absolute atomic E-state index is 11.6. The van der Waals surface area contributed by atoms with Crippen LogP contribution in [0.4, 0.5) is 0 Å². The van der Waals surface area contributed by atoms with E-state index in [0.29, 0.717) is 5.92 Å². The summed E-state index contributed by atoms with van der Waals surface area (Å²) < 4.78 is 5.88. The lowest BCUT2D eigenvalue weighted by atomic mass is 9.58. The summed E-state index contributed by atoms with van der Waals surface area (Å²) in [5, 5.41) is 0. The highest BCUT2D eigenvalue weighted by molar-refractivity contribution is 5.66. The van der Waals surface area contributed by atoms with Gasteiger partial charge >= 0.3 is 5.97 Å². The third-order valence-corrected chi connectivity index (χ3v) is 9.41. The first-order valence-electron chi connectivity index (χ1n) is 9.76. The molecule has 0 radical (unpaired) electrons. The van der Waals surface area contributed by atoms with Crippen LogP contribution >= 0.6 is 0 Å². The SMILES string of the molecule is CC(=O)OC1(C)CC2CC1C1C3CC(C4C5CCC(C5)C34)C21. The molecule has 6 aliphatic carbocycles. The Balaban J connectivity index is 1.36. The Kier molecular flexibility index (Phi) is 2.19. The van der Waals surface area contributed by atoms with Crippen molar-refractivity contribution in [2.75, 3.05) is 0 Å². The Morgan fingerprint density at radius 3 is 2.23 bits per heavy atom. The van der Waals surface area contributed by atoms with Gasteiger partial charge < -0.3 is 4.74 Å². The molecule has 0 aliphatic heterocycles. The molecule has 0 saturated heterocycles. The molecule has 11 unspecified atom stereocenters. The van der Waals surface area contributed by atoms with Crippen LogP contribution in [0.1, 0.15) is 52.4 Å². The molecule has 2 nitrogen and oxygen atoms in total. The largest absolute Gasteiger partial charge is 0.459 e. The smallest absolute Gasteiger partial charge is 0.303 e. The summed E-state index contributed by atoms with van der Waals surface area (Å²) in [5.74, 6) is 9.84. The maximum Gasteiger partial charge on any atom is 0.303 e. The fraction of sp³-hybridized carbons (Fsp3) is 0.950. The fourth-order valence-electron chi connectivity index (χ4n) is 9.54. The Morgan fingerprint density at radius 1 is 0.909 bits per heavy atom. The van der Waals surface area contributed by atoms with Crippen molar-refractivity contribution >= 4 is 5.97 Å². The number of hydrogen-bond acceptors (Lipinski definition) is 2. The molecule has 0 spiro atoms. The van der Waals surface area contributed by atoms with Crippen molar-refractivity contribution in [1.82, 2.24) is 0 Å². The van der Waals surface area contributed by atoms with Crippen LogP contribution in [0.25, 0.3) is 0 Å². The normalized spacial score (nSPS) is 65.9. The summed E-state index contributed by atoms with van der Waals surface area (Å²) in [7, 11) is 0. The minimum atomic E-state index is -0.130. The van der Waals surface area contributed by atoms with Gasteiger partial charge in [0.2, 0.25) is 0 Å². The molecule has 0 heterocycles. The average molecular weight is 300 g/mol. The number of carbonyl (C=O) groups excluding carboxylic acids is 1. The van der Waals surface area contributed by atoms with Crippen molar-refractivity contribution in [3.63, 3.8) is 0 Å². The van der Waals surface area contributed by atoms with Crippen LogP contribution in [0.15, 0.2) is 0 Å². The molecular formula is C20H28O2. The molecule has 0 aromatic rings. The minimum Gasteiger partial charge on any atom is -0.459 e. The molecular weight excluding hydrogens is 272 g/mol. The van der Waals surface area contributed by atoms with Crippen molar-refractivity contribution in [2.24, 2.45) is 59.2 Å². The van der Waals surface area contributed by atoms with Crippen molar-refractivity contribution in [3.05, 3.63) is 0 Å². The first-order chi connectivity index (χ1) is 10.6. The Morgan fingerprint density at radius 2 is 1.55 bits per heavy atom. The number of fused-ring (bicyclic) bond motifs is 16. The van der Waals surface area contributed by atoms with Gasteiger partial charge in [0.25, 0.3) is 0 Å². The monoisotopic (exact) mass is 300 g/mol. The minimum absolute atomic E-state index is 0.0624. The zero-order valence-electron chi connectivity index (χ0n) is 13.8. The molecule has 120 valence electrons. The molecule has 0 aromatic carbocycles. The lowest BCUT2D eigenvalue weighted by Crippen LogP contribution is -2.49. The molecule has 6 aliphatic rings. The van der Waals surface area contributed by atoms with E-state index in [0.717, 1.165) is 59.7 Å². The lowest BCUT2D eigenvalue weighted by Gasteiger charge is -2.49. The summed E-state index contributed by atoms with van der Waals surface area (Å²) >= 11 is 0. The van der Waals surface area contributed by atoms with Crippen molar-refractivity contribution < 1.29 is 9.53 Å². The van der Waals surface area contributed by atoms with Crippen molar-refractivity contribution in [1.29, 1.82) is 0 Å². The standard InChI is InChI=1S/C20H28O2/c1-9(21)22-20(2)8-12-6-15(20)19-14-7-13(18(12)19)16-10-3-4-11(5-10)17(14)16/h10-19H,3-8H2,1-2H3. The molecule has 22 heavy (non-hydrogen) atoms. The van der Waals surface area contributed by atoms with Crippen LogP contribution in [0.5, 0.6) is 0 Å².